The predicted molar refractivity (Wildman–Crippen MR) is 144 cm³/mol. The molecule has 5 rings (SSSR count). The molecule has 1 aliphatic carbocycles. The van der Waals surface area contributed by atoms with E-state index in [0.29, 0.717) is 24.8 Å². The van der Waals surface area contributed by atoms with Crippen molar-refractivity contribution in [3.63, 3.8) is 0 Å². The second kappa shape index (κ2) is 10.7. The topological polar surface area (TPSA) is 90.9 Å². The van der Waals surface area contributed by atoms with Crippen molar-refractivity contribution in [3.8, 4) is 11.6 Å². The van der Waals surface area contributed by atoms with Crippen molar-refractivity contribution in [2.24, 2.45) is 17.3 Å². The Balaban J connectivity index is 1.44. The minimum atomic E-state index is -0.448. The molecule has 2 aromatic rings. The number of esters is 1. The first kappa shape index (κ1) is 26.7. The van der Waals surface area contributed by atoms with Crippen LogP contribution in [0.5, 0.6) is 11.6 Å². The Morgan fingerprint density at radius 2 is 1.84 bits per heavy atom. The van der Waals surface area contributed by atoms with Gasteiger partial charge in [0.1, 0.15) is 23.7 Å². The van der Waals surface area contributed by atoms with E-state index in [1.807, 2.05) is 43.9 Å². The summed E-state index contributed by atoms with van der Waals surface area (Å²) in [4.78, 5) is 38.3. The van der Waals surface area contributed by atoms with Gasteiger partial charge in [-0.1, -0.05) is 33.6 Å². The number of carbonyl (C=O) groups excluding carboxylic acids is 2. The zero-order valence-electron chi connectivity index (χ0n) is 23.4. The van der Waals surface area contributed by atoms with Crippen molar-refractivity contribution in [1.29, 1.82) is 0 Å². The molecule has 3 heterocycles. The summed E-state index contributed by atoms with van der Waals surface area (Å²) in [7, 11) is 1.64. The van der Waals surface area contributed by atoms with Crippen LogP contribution in [0.3, 0.4) is 0 Å². The first-order valence-electron chi connectivity index (χ1n) is 14.1. The third-order valence-electron chi connectivity index (χ3n) is 8.35. The molecule has 5 atom stereocenters. The van der Waals surface area contributed by atoms with E-state index in [4.69, 9.17) is 24.2 Å². The minimum absolute atomic E-state index is 0.000209. The van der Waals surface area contributed by atoms with Crippen LogP contribution in [-0.4, -0.2) is 58.6 Å². The van der Waals surface area contributed by atoms with E-state index < -0.39 is 5.92 Å². The van der Waals surface area contributed by atoms with Gasteiger partial charge in [-0.2, -0.15) is 0 Å². The standard InChI is InChI=1S/C30H41N3O5/c1-18-13-21-17-33(18)29(35)22(30(2,3)4)16-27(34)38-26-14-19(26)9-7-6-8-10-24-28(37-21)32-25-15-20(36-5)11-12-23(25)31-24/h11-12,15,18-19,21-22,26H,6-10,13-14,16-17H2,1-5H3/t18-,19-,21-,22-,26-/m1/s1. The molecule has 0 N–H and O–H groups in total. The van der Waals surface area contributed by atoms with Gasteiger partial charge in [0.15, 0.2) is 0 Å². The van der Waals surface area contributed by atoms with Crippen LogP contribution in [-0.2, 0) is 20.7 Å². The van der Waals surface area contributed by atoms with E-state index in [-0.39, 0.29) is 42.0 Å². The van der Waals surface area contributed by atoms with Gasteiger partial charge in [0.25, 0.3) is 0 Å². The van der Waals surface area contributed by atoms with Crippen LogP contribution < -0.4 is 9.47 Å². The number of amides is 1. The molecule has 8 nitrogen and oxygen atoms in total. The number of aryl methyl sites for hydroxylation is 1. The van der Waals surface area contributed by atoms with Gasteiger partial charge in [-0.05, 0) is 56.1 Å². The number of fused-ring (bicyclic) bond motifs is 5. The zero-order valence-corrected chi connectivity index (χ0v) is 23.4. The van der Waals surface area contributed by atoms with Gasteiger partial charge < -0.3 is 19.1 Å². The van der Waals surface area contributed by atoms with Crippen molar-refractivity contribution >= 4 is 22.9 Å². The molecule has 1 amide bonds. The highest BCUT2D eigenvalue weighted by Crippen LogP contribution is 2.40. The number of aromatic nitrogens is 2. The lowest BCUT2D eigenvalue weighted by molar-refractivity contribution is -0.153. The average molecular weight is 524 g/mol. The number of rotatable bonds is 1. The van der Waals surface area contributed by atoms with Crippen molar-refractivity contribution in [3.05, 3.63) is 23.9 Å². The van der Waals surface area contributed by atoms with Gasteiger partial charge in [-0.15, -0.1) is 0 Å². The fourth-order valence-corrected chi connectivity index (χ4v) is 5.86. The molecule has 2 bridgehead atoms. The van der Waals surface area contributed by atoms with Gasteiger partial charge in [0.05, 0.1) is 37.0 Å². The predicted octanol–water partition coefficient (Wildman–Crippen LogP) is 5.11. The fraction of sp³-hybridized carbons (Fsp3) is 0.667. The minimum Gasteiger partial charge on any atom is -0.497 e. The number of methoxy groups -OCH3 is 1. The van der Waals surface area contributed by atoms with Gasteiger partial charge in [0, 0.05) is 18.5 Å². The van der Waals surface area contributed by atoms with Crippen LogP contribution in [0.2, 0.25) is 0 Å². The lowest BCUT2D eigenvalue weighted by atomic mass is 9.77. The van der Waals surface area contributed by atoms with Crippen molar-refractivity contribution < 1.29 is 23.8 Å². The summed E-state index contributed by atoms with van der Waals surface area (Å²) in [6.45, 7) is 8.58. The highest BCUT2D eigenvalue weighted by molar-refractivity contribution is 5.85. The lowest BCUT2D eigenvalue weighted by Gasteiger charge is -2.34. The molecular weight excluding hydrogens is 482 g/mol. The van der Waals surface area contributed by atoms with E-state index in [2.05, 4.69) is 6.92 Å². The smallest absolute Gasteiger partial charge is 0.306 e. The first-order valence-corrected chi connectivity index (χ1v) is 14.1. The Kier molecular flexibility index (Phi) is 7.51. The van der Waals surface area contributed by atoms with Crippen LogP contribution in [0.15, 0.2) is 18.2 Å². The quantitative estimate of drug-likeness (QED) is 0.480. The summed E-state index contributed by atoms with van der Waals surface area (Å²) in [6.07, 6.45) is 6.56. The monoisotopic (exact) mass is 523 g/mol. The van der Waals surface area contributed by atoms with Crippen molar-refractivity contribution in [2.75, 3.05) is 13.7 Å². The highest BCUT2D eigenvalue weighted by atomic mass is 16.5. The molecule has 38 heavy (non-hydrogen) atoms. The van der Waals surface area contributed by atoms with E-state index in [1.165, 1.54) is 0 Å². The van der Waals surface area contributed by atoms with Crippen LogP contribution >= 0.6 is 0 Å². The molecule has 3 aliphatic rings. The van der Waals surface area contributed by atoms with Gasteiger partial charge in [-0.25, -0.2) is 9.97 Å². The molecule has 0 radical (unpaired) electrons. The molecule has 1 aromatic heterocycles. The molecule has 8 heteroatoms. The molecule has 0 unspecified atom stereocenters. The average Bonchev–Trinajstić information content (AvgIpc) is 3.49. The maximum absolute atomic E-state index is 13.8. The molecule has 1 aromatic carbocycles. The van der Waals surface area contributed by atoms with Crippen LogP contribution in [0.25, 0.3) is 11.0 Å². The fourth-order valence-electron chi connectivity index (χ4n) is 5.86. The number of hydrogen-bond donors (Lipinski definition) is 0. The summed E-state index contributed by atoms with van der Waals surface area (Å²) in [5.74, 6) is 1.01. The molecular formula is C30H41N3O5. The second-order valence-corrected chi connectivity index (χ2v) is 12.4. The Morgan fingerprint density at radius 3 is 2.61 bits per heavy atom. The highest BCUT2D eigenvalue weighted by Gasteiger charge is 2.44. The van der Waals surface area contributed by atoms with E-state index in [0.717, 1.165) is 61.0 Å². The number of hydrogen-bond acceptors (Lipinski definition) is 7. The summed E-state index contributed by atoms with van der Waals surface area (Å²) in [6, 6.07) is 5.72. The van der Waals surface area contributed by atoms with Gasteiger partial charge in [-0.3, -0.25) is 9.59 Å². The summed E-state index contributed by atoms with van der Waals surface area (Å²) < 4.78 is 17.7. The zero-order chi connectivity index (χ0) is 27.0. The maximum atomic E-state index is 13.8. The van der Waals surface area contributed by atoms with Crippen LogP contribution in [0.4, 0.5) is 0 Å². The maximum Gasteiger partial charge on any atom is 0.306 e. The lowest BCUT2D eigenvalue weighted by Crippen LogP contribution is -2.44. The van der Waals surface area contributed by atoms with Crippen molar-refractivity contribution in [2.45, 2.75) is 97.3 Å². The summed E-state index contributed by atoms with van der Waals surface area (Å²) in [5.41, 5.74) is 2.05. The van der Waals surface area contributed by atoms with Gasteiger partial charge >= 0.3 is 5.97 Å². The molecule has 206 valence electrons. The summed E-state index contributed by atoms with van der Waals surface area (Å²) in [5, 5.41) is 0. The first-order chi connectivity index (χ1) is 18.1. The molecule has 1 saturated heterocycles. The number of nitrogens with zero attached hydrogens (tertiary/aromatic N) is 3. The largest absolute Gasteiger partial charge is 0.497 e. The normalized spacial score (nSPS) is 29.0. The summed E-state index contributed by atoms with van der Waals surface area (Å²) >= 11 is 0. The van der Waals surface area contributed by atoms with Crippen molar-refractivity contribution in [1.82, 2.24) is 14.9 Å². The Bertz CT molecular complexity index is 1190. The van der Waals surface area contributed by atoms with E-state index >= 15 is 0 Å². The Morgan fingerprint density at radius 1 is 1.03 bits per heavy atom. The third kappa shape index (κ3) is 5.89. The number of benzene rings is 1. The van der Waals surface area contributed by atoms with Gasteiger partial charge in [0.2, 0.25) is 11.8 Å². The van der Waals surface area contributed by atoms with Crippen LogP contribution in [0.1, 0.15) is 78.3 Å². The number of carbonyl (C=O) groups is 2. The van der Waals surface area contributed by atoms with E-state index in [1.54, 1.807) is 7.11 Å². The third-order valence-corrected chi connectivity index (χ3v) is 8.35. The molecule has 2 fully saturated rings. The SMILES string of the molecule is COc1ccc2nc3c(nc2c1)O[C@@H]1C[C@@H](C)N(C1)C(=O)[C@H](C(C)(C)C)CC(=O)O[C@@H]1C[C@H]1CCCCC3. The Labute approximate surface area is 225 Å². The molecule has 2 aliphatic heterocycles. The second-order valence-electron chi connectivity index (χ2n) is 12.4. The van der Waals surface area contributed by atoms with E-state index in [9.17, 15) is 9.59 Å². The Hall–Kier alpha value is -2.90. The van der Waals surface area contributed by atoms with Crippen LogP contribution in [0, 0.1) is 17.3 Å². The molecule has 1 saturated carbocycles. The molecule has 0 spiro atoms. The number of ether oxygens (including phenoxy) is 3.